The Hall–Kier alpha value is -2.73. The second-order valence-corrected chi connectivity index (χ2v) is 5.21. The first-order chi connectivity index (χ1) is 11.1. The number of anilines is 1. The molecule has 1 fully saturated rings. The number of methoxy groups -OCH3 is 1. The van der Waals surface area contributed by atoms with Gasteiger partial charge in [-0.25, -0.2) is 9.29 Å². The van der Waals surface area contributed by atoms with Crippen molar-refractivity contribution in [2.45, 2.75) is 0 Å². The predicted octanol–water partition coefficient (Wildman–Crippen LogP) is 3.10. The summed E-state index contributed by atoms with van der Waals surface area (Å²) in [5, 5.41) is 3.05. The minimum Gasteiger partial charge on any atom is -0.495 e. The van der Waals surface area contributed by atoms with Gasteiger partial charge in [-0.15, -0.1) is 0 Å². The van der Waals surface area contributed by atoms with Crippen LogP contribution in [0.15, 0.2) is 54.2 Å². The van der Waals surface area contributed by atoms with Crippen molar-refractivity contribution in [2.24, 2.45) is 0 Å². The number of halogens is 1. The van der Waals surface area contributed by atoms with E-state index in [4.69, 9.17) is 17.0 Å². The van der Waals surface area contributed by atoms with E-state index in [2.05, 4.69) is 5.32 Å². The van der Waals surface area contributed by atoms with Crippen molar-refractivity contribution in [2.75, 3.05) is 12.0 Å². The highest BCUT2D eigenvalue weighted by Crippen LogP contribution is 2.31. The first-order valence-electron chi connectivity index (χ1n) is 6.86. The van der Waals surface area contributed by atoms with E-state index in [9.17, 15) is 9.18 Å². The average molecular weight is 328 g/mol. The van der Waals surface area contributed by atoms with Crippen LogP contribution in [0, 0.1) is 5.82 Å². The zero-order valence-corrected chi connectivity index (χ0v) is 13.1. The van der Waals surface area contributed by atoms with Crippen molar-refractivity contribution in [1.29, 1.82) is 0 Å². The fraction of sp³-hybridized carbons (Fsp3) is 0.0588. The molecule has 23 heavy (non-hydrogen) atoms. The molecule has 0 atom stereocenters. The lowest BCUT2D eigenvalue weighted by Crippen LogP contribution is -2.30. The molecule has 4 nitrogen and oxygen atoms in total. The first-order valence-corrected chi connectivity index (χ1v) is 7.27. The summed E-state index contributed by atoms with van der Waals surface area (Å²) < 4.78 is 19.0. The highest BCUT2D eigenvalue weighted by Gasteiger charge is 2.33. The number of ether oxygens (including phenoxy) is 1. The van der Waals surface area contributed by atoms with Crippen LogP contribution in [0.2, 0.25) is 0 Å². The van der Waals surface area contributed by atoms with Gasteiger partial charge in [0.2, 0.25) is 0 Å². The second kappa shape index (κ2) is 6.18. The van der Waals surface area contributed by atoms with Gasteiger partial charge in [0, 0.05) is 5.56 Å². The van der Waals surface area contributed by atoms with E-state index in [1.165, 1.54) is 24.2 Å². The molecule has 1 amide bonds. The molecule has 116 valence electrons. The number of nitrogens with zero attached hydrogens (tertiary/aromatic N) is 1. The molecule has 0 aromatic heterocycles. The summed E-state index contributed by atoms with van der Waals surface area (Å²) in [4.78, 5) is 14.0. The standard InChI is InChI=1S/C17H13FN2O2S/c1-22-15-9-5-4-8-14(15)20-16(21)13(19-17(20)23)10-11-6-2-3-7-12(11)18/h2-10H,1H3,(H,19,23). The van der Waals surface area contributed by atoms with Crippen LogP contribution >= 0.6 is 12.2 Å². The van der Waals surface area contributed by atoms with Gasteiger partial charge in [0.25, 0.3) is 5.91 Å². The minimum absolute atomic E-state index is 0.214. The van der Waals surface area contributed by atoms with Crippen LogP contribution in [0.25, 0.3) is 6.08 Å². The summed E-state index contributed by atoms with van der Waals surface area (Å²) in [7, 11) is 1.52. The fourth-order valence-corrected chi connectivity index (χ4v) is 2.61. The Labute approximate surface area is 138 Å². The van der Waals surface area contributed by atoms with Gasteiger partial charge < -0.3 is 10.1 Å². The van der Waals surface area contributed by atoms with Crippen molar-refractivity contribution in [1.82, 2.24) is 5.32 Å². The van der Waals surface area contributed by atoms with Crippen molar-refractivity contribution in [3.63, 3.8) is 0 Å². The smallest absolute Gasteiger partial charge is 0.281 e. The molecule has 3 rings (SSSR count). The van der Waals surface area contributed by atoms with Gasteiger partial charge in [-0.1, -0.05) is 30.3 Å². The number of amides is 1. The molecule has 2 aromatic rings. The zero-order chi connectivity index (χ0) is 16.4. The summed E-state index contributed by atoms with van der Waals surface area (Å²) in [5.41, 5.74) is 1.06. The molecule has 2 aromatic carbocycles. The molecule has 1 aliphatic rings. The number of thiocarbonyl (C=S) groups is 1. The number of nitrogens with one attached hydrogen (secondary N) is 1. The van der Waals surface area contributed by atoms with Gasteiger partial charge in [-0.2, -0.15) is 0 Å². The van der Waals surface area contributed by atoms with Gasteiger partial charge in [0.15, 0.2) is 5.11 Å². The van der Waals surface area contributed by atoms with Gasteiger partial charge in [0.05, 0.1) is 12.8 Å². The molecule has 0 unspecified atom stereocenters. The second-order valence-electron chi connectivity index (χ2n) is 4.82. The van der Waals surface area contributed by atoms with Crippen LogP contribution in [-0.2, 0) is 4.79 Å². The van der Waals surface area contributed by atoms with E-state index in [0.717, 1.165) is 0 Å². The SMILES string of the molecule is COc1ccccc1N1C(=O)C(=Cc2ccccc2F)NC1=S. The molecule has 0 radical (unpaired) electrons. The highest BCUT2D eigenvalue weighted by molar-refractivity contribution is 7.80. The monoisotopic (exact) mass is 328 g/mol. The number of carbonyl (C=O) groups excluding carboxylic acids is 1. The molecule has 1 N–H and O–H groups in total. The predicted molar refractivity (Wildman–Crippen MR) is 90.6 cm³/mol. The molecular formula is C17H13FN2O2S. The van der Waals surface area contributed by atoms with Crippen LogP contribution in [-0.4, -0.2) is 18.1 Å². The lowest BCUT2D eigenvalue weighted by atomic mass is 10.1. The zero-order valence-electron chi connectivity index (χ0n) is 12.2. The van der Waals surface area contributed by atoms with Crippen LogP contribution in [0.5, 0.6) is 5.75 Å². The van der Waals surface area contributed by atoms with Crippen molar-refractivity contribution in [3.05, 3.63) is 65.6 Å². The van der Waals surface area contributed by atoms with E-state index in [-0.39, 0.29) is 16.7 Å². The third-order valence-electron chi connectivity index (χ3n) is 3.41. The summed E-state index contributed by atoms with van der Waals surface area (Å²) in [6, 6.07) is 13.3. The summed E-state index contributed by atoms with van der Waals surface area (Å²) >= 11 is 5.24. The van der Waals surface area contributed by atoms with Crippen molar-refractivity contribution >= 4 is 35.0 Å². The quantitative estimate of drug-likeness (QED) is 0.694. The lowest BCUT2D eigenvalue weighted by molar-refractivity contribution is -0.113. The molecule has 0 aliphatic carbocycles. The molecule has 6 heteroatoms. The number of hydrogen-bond acceptors (Lipinski definition) is 3. The Morgan fingerprint density at radius 3 is 2.61 bits per heavy atom. The molecule has 1 aliphatic heterocycles. The van der Waals surface area contributed by atoms with E-state index in [1.54, 1.807) is 42.5 Å². The van der Waals surface area contributed by atoms with Gasteiger partial charge in [-0.05, 0) is 36.5 Å². The number of benzene rings is 2. The Bertz CT molecular complexity index is 820. The van der Waals surface area contributed by atoms with Crippen molar-refractivity contribution < 1.29 is 13.9 Å². The number of carbonyl (C=O) groups is 1. The van der Waals surface area contributed by atoms with Crippen LogP contribution in [0.3, 0.4) is 0 Å². The normalized spacial score (nSPS) is 15.9. The molecule has 1 saturated heterocycles. The van der Waals surface area contributed by atoms with Crippen molar-refractivity contribution in [3.8, 4) is 5.75 Å². The molecule has 0 spiro atoms. The molecule has 1 heterocycles. The Kier molecular flexibility index (Phi) is 4.08. The maximum atomic E-state index is 13.8. The first kappa shape index (κ1) is 15.2. The maximum Gasteiger partial charge on any atom is 0.281 e. The van der Waals surface area contributed by atoms with Gasteiger partial charge in [0.1, 0.15) is 17.3 Å². The van der Waals surface area contributed by atoms with Crippen LogP contribution in [0.4, 0.5) is 10.1 Å². The van der Waals surface area contributed by atoms with E-state index < -0.39 is 5.82 Å². The number of rotatable bonds is 3. The summed E-state index contributed by atoms with van der Waals surface area (Å²) in [6.45, 7) is 0. The Morgan fingerprint density at radius 1 is 1.17 bits per heavy atom. The topological polar surface area (TPSA) is 41.6 Å². The van der Waals surface area contributed by atoms with E-state index in [1.807, 2.05) is 0 Å². The van der Waals surface area contributed by atoms with E-state index >= 15 is 0 Å². The maximum absolute atomic E-state index is 13.8. The lowest BCUT2D eigenvalue weighted by Gasteiger charge is -2.17. The van der Waals surface area contributed by atoms with Crippen LogP contribution < -0.4 is 15.0 Å². The minimum atomic E-state index is -0.406. The molecule has 0 saturated carbocycles. The molecular weight excluding hydrogens is 315 g/mol. The Morgan fingerprint density at radius 2 is 1.87 bits per heavy atom. The third kappa shape index (κ3) is 2.80. The third-order valence-corrected chi connectivity index (χ3v) is 3.69. The average Bonchev–Trinajstić information content (AvgIpc) is 2.83. The number of para-hydroxylation sites is 2. The summed E-state index contributed by atoms with van der Waals surface area (Å²) in [6.07, 6.45) is 1.44. The van der Waals surface area contributed by atoms with E-state index in [0.29, 0.717) is 17.0 Å². The van der Waals surface area contributed by atoms with Crippen LogP contribution in [0.1, 0.15) is 5.56 Å². The highest BCUT2D eigenvalue weighted by atomic mass is 32.1. The molecule has 0 bridgehead atoms. The largest absolute Gasteiger partial charge is 0.495 e. The van der Waals surface area contributed by atoms with Gasteiger partial charge in [-0.3, -0.25) is 4.79 Å². The van der Waals surface area contributed by atoms with Gasteiger partial charge >= 0.3 is 0 Å². The fourth-order valence-electron chi connectivity index (χ4n) is 2.32. The Balaban J connectivity index is 1.99. The number of hydrogen-bond donors (Lipinski definition) is 1. The summed E-state index contributed by atoms with van der Waals surface area (Å²) in [5.74, 6) is -0.240.